The summed E-state index contributed by atoms with van der Waals surface area (Å²) in [5, 5.41) is 2.89. The Balaban J connectivity index is 2.06. The van der Waals surface area contributed by atoms with Crippen LogP contribution in [0.2, 0.25) is 0 Å². The largest absolute Gasteiger partial charge is 0.468 e. The number of aromatic nitrogens is 4. The quantitative estimate of drug-likeness (QED) is 0.688. The molecule has 0 atom stereocenters. The summed E-state index contributed by atoms with van der Waals surface area (Å²) < 4.78 is 5.13. The Morgan fingerprint density at radius 1 is 1.23 bits per heavy atom. The highest BCUT2D eigenvalue weighted by molar-refractivity contribution is 6.08. The van der Waals surface area contributed by atoms with Gasteiger partial charge in [-0.15, -0.1) is 6.58 Å². The van der Waals surface area contributed by atoms with Gasteiger partial charge in [-0.05, 0) is 31.9 Å². The summed E-state index contributed by atoms with van der Waals surface area (Å²) in [6, 6.07) is 4.28. The standard InChI is InChI=1S/C19H21N5O2/c1-6-7-13-20-16(15-17(21-13)24-19(22-15)26-5)23-18(25)14-11(3)8-10(2)9-12(14)4/h6,8-9H,1,7H2,2-5H3,(H2,20,21,22,23,24,25). The van der Waals surface area contributed by atoms with Crippen molar-refractivity contribution >= 4 is 22.9 Å². The number of fused-ring (bicyclic) bond motifs is 1. The molecule has 7 nitrogen and oxygen atoms in total. The highest BCUT2D eigenvalue weighted by Crippen LogP contribution is 2.23. The van der Waals surface area contributed by atoms with E-state index in [4.69, 9.17) is 4.74 Å². The predicted molar refractivity (Wildman–Crippen MR) is 101 cm³/mol. The van der Waals surface area contributed by atoms with Gasteiger partial charge in [0, 0.05) is 12.0 Å². The van der Waals surface area contributed by atoms with E-state index in [0.29, 0.717) is 40.8 Å². The lowest BCUT2D eigenvalue weighted by Gasteiger charge is -2.12. The molecule has 0 fully saturated rings. The molecule has 0 saturated carbocycles. The molecular weight excluding hydrogens is 330 g/mol. The summed E-state index contributed by atoms with van der Waals surface area (Å²) in [6.07, 6.45) is 2.17. The molecule has 0 aliphatic rings. The Bertz CT molecular complexity index is 984. The summed E-state index contributed by atoms with van der Waals surface area (Å²) in [5.74, 6) is 0.666. The number of carbonyl (C=O) groups excluding carboxylic acids is 1. The molecule has 0 radical (unpaired) electrons. The van der Waals surface area contributed by atoms with Crippen molar-refractivity contribution < 1.29 is 9.53 Å². The molecule has 3 aromatic rings. The van der Waals surface area contributed by atoms with Crippen molar-refractivity contribution in [2.45, 2.75) is 27.2 Å². The SMILES string of the molecule is C=CCc1nc(NC(=O)c2c(C)cc(C)cc2C)c2[nH]c(OC)nc2n1. The maximum Gasteiger partial charge on any atom is 0.295 e. The van der Waals surface area contributed by atoms with Crippen LogP contribution in [0.3, 0.4) is 0 Å². The summed E-state index contributed by atoms with van der Waals surface area (Å²) >= 11 is 0. The van der Waals surface area contributed by atoms with Crippen LogP contribution in [0, 0.1) is 20.8 Å². The van der Waals surface area contributed by atoms with E-state index in [9.17, 15) is 4.79 Å². The van der Waals surface area contributed by atoms with Crippen molar-refractivity contribution in [2.75, 3.05) is 12.4 Å². The molecule has 0 aliphatic heterocycles. The number of methoxy groups -OCH3 is 1. The van der Waals surface area contributed by atoms with Gasteiger partial charge in [-0.1, -0.05) is 23.8 Å². The molecular formula is C19H21N5O2. The van der Waals surface area contributed by atoms with Crippen molar-refractivity contribution in [1.29, 1.82) is 0 Å². The molecule has 1 amide bonds. The number of allylic oxidation sites excluding steroid dienone is 1. The van der Waals surface area contributed by atoms with Gasteiger partial charge in [-0.3, -0.25) is 4.79 Å². The number of H-pyrrole nitrogens is 1. The Kier molecular flexibility index (Phi) is 4.71. The van der Waals surface area contributed by atoms with Crippen molar-refractivity contribution in [3.63, 3.8) is 0 Å². The second-order valence-electron chi connectivity index (χ2n) is 6.15. The fourth-order valence-electron chi connectivity index (χ4n) is 3.04. The Morgan fingerprint density at radius 2 is 1.92 bits per heavy atom. The fourth-order valence-corrected chi connectivity index (χ4v) is 3.04. The molecule has 0 spiro atoms. The summed E-state index contributed by atoms with van der Waals surface area (Å²) in [5.41, 5.74) is 4.54. The molecule has 2 aromatic heterocycles. The van der Waals surface area contributed by atoms with Gasteiger partial charge < -0.3 is 15.0 Å². The zero-order chi connectivity index (χ0) is 18.8. The second-order valence-corrected chi connectivity index (χ2v) is 6.15. The highest BCUT2D eigenvalue weighted by Gasteiger charge is 2.18. The number of nitrogens with zero attached hydrogens (tertiary/aromatic N) is 3. The van der Waals surface area contributed by atoms with Gasteiger partial charge in [-0.25, -0.2) is 9.97 Å². The van der Waals surface area contributed by atoms with Gasteiger partial charge in [0.1, 0.15) is 11.3 Å². The zero-order valence-corrected chi connectivity index (χ0v) is 15.3. The minimum Gasteiger partial charge on any atom is -0.468 e. The lowest BCUT2D eigenvalue weighted by molar-refractivity contribution is 0.102. The van der Waals surface area contributed by atoms with Crippen LogP contribution in [0.25, 0.3) is 11.2 Å². The molecule has 0 unspecified atom stereocenters. The summed E-state index contributed by atoms with van der Waals surface area (Å²) in [6.45, 7) is 9.56. The average Bonchev–Trinajstić information content (AvgIpc) is 2.97. The van der Waals surface area contributed by atoms with Crippen LogP contribution in [0.5, 0.6) is 6.01 Å². The van der Waals surface area contributed by atoms with E-state index in [-0.39, 0.29) is 5.91 Å². The van der Waals surface area contributed by atoms with Crippen molar-refractivity contribution in [1.82, 2.24) is 19.9 Å². The first-order valence-electron chi connectivity index (χ1n) is 8.23. The van der Waals surface area contributed by atoms with E-state index in [0.717, 1.165) is 16.7 Å². The maximum absolute atomic E-state index is 12.9. The van der Waals surface area contributed by atoms with Crippen LogP contribution in [0.4, 0.5) is 5.82 Å². The molecule has 0 aliphatic carbocycles. The number of anilines is 1. The predicted octanol–water partition coefficient (Wildman–Crippen LogP) is 3.27. The first-order chi connectivity index (χ1) is 12.4. The minimum absolute atomic E-state index is 0.224. The number of ether oxygens (including phenoxy) is 1. The lowest BCUT2D eigenvalue weighted by atomic mass is 9.99. The Hall–Kier alpha value is -3.22. The van der Waals surface area contributed by atoms with Crippen LogP contribution in [0.1, 0.15) is 32.9 Å². The molecule has 7 heteroatoms. The number of benzene rings is 1. The van der Waals surface area contributed by atoms with Crippen molar-refractivity contribution in [3.8, 4) is 6.01 Å². The van der Waals surface area contributed by atoms with E-state index >= 15 is 0 Å². The van der Waals surface area contributed by atoms with Crippen LogP contribution >= 0.6 is 0 Å². The third-order valence-electron chi connectivity index (χ3n) is 4.03. The molecule has 2 N–H and O–H groups in total. The summed E-state index contributed by atoms with van der Waals surface area (Å²) in [4.78, 5) is 28.9. The van der Waals surface area contributed by atoms with E-state index in [1.54, 1.807) is 6.08 Å². The van der Waals surface area contributed by atoms with Crippen LogP contribution < -0.4 is 10.1 Å². The number of hydrogen-bond acceptors (Lipinski definition) is 5. The Labute approximate surface area is 151 Å². The van der Waals surface area contributed by atoms with E-state index in [1.807, 2.05) is 32.9 Å². The molecule has 134 valence electrons. The molecule has 26 heavy (non-hydrogen) atoms. The number of amides is 1. The van der Waals surface area contributed by atoms with Gasteiger partial charge in [0.25, 0.3) is 11.9 Å². The zero-order valence-electron chi connectivity index (χ0n) is 15.3. The molecule has 0 bridgehead atoms. The maximum atomic E-state index is 12.9. The van der Waals surface area contributed by atoms with Crippen LogP contribution in [-0.4, -0.2) is 33.0 Å². The first kappa shape index (κ1) is 17.6. The smallest absolute Gasteiger partial charge is 0.295 e. The normalized spacial score (nSPS) is 10.8. The number of nitrogens with one attached hydrogen (secondary N) is 2. The molecule has 2 heterocycles. The number of aryl methyl sites for hydroxylation is 3. The van der Waals surface area contributed by atoms with Crippen molar-refractivity contribution in [3.05, 3.63) is 52.9 Å². The van der Waals surface area contributed by atoms with Gasteiger partial charge in [0.2, 0.25) is 0 Å². The van der Waals surface area contributed by atoms with Crippen LogP contribution in [0.15, 0.2) is 24.8 Å². The number of imidazole rings is 1. The number of carbonyl (C=O) groups is 1. The highest BCUT2D eigenvalue weighted by atomic mass is 16.5. The summed E-state index contributed by atoms with van der Waals surface area (Å²) in [7, 11) is 1.51. The molecule has 3 rings (SSSR count). The minimum atomic E-state index is -0.224. The number of rotatable bonds is 5. The fraction of sp³-hybridized carbons (Fsp3) is 0.263. The van der Waals surface area contributed by atoms with E-state index in [1.165, 1.54) is 7.11 Å². The van der Waals surface area contributed by atoms with Crippen LogP contribution in [-0.2, 0) is 6.42 Å². The second kappa shape index (κ2) is 6.95. The topological polar surface area (TPSA) is 92.8 Å². The van der Waals surface area contributed by atoms with Gasteiger partial charge in [0.05, 0.1) is 7.11 Å². The third kappa shape index (κ3) is 3.28. The van der Waals surface area contributed by atoms with Crippen molar-refractivity contribution in [2.24, 2.45) is 0 Å². The lowest BCUT2D eigenvalue weighted by Crippen LogP contribution is -2.17. The Morgan fingerprint density at radius 3 is 2.54 bits per heavy atom. The number of aromatic amines is 1. The van der Waals surface area contributed by atoms with E-state index < -0.39 is 0 Å². The average molecular weight is 351 g/mol. The van der Waals surface area contributed by atoms with Gasteiger partial charge >= 0.3 is 0 Å². The number of hydrogen-bond donors (Lipinski definition) is 2. The van der Waals surface area contributed by atoms with Gasteiger partial charge in [-0.2, -0.15) is 4.98 Å². The van der Waals surface area contributed by atoms with E-state index in [2.05, 4.69) is 31.8 Å². The first-order valence-corrected chi connectivity index (χ1v) is 8.23. The molecule has 1 aromatic carbocycles. The monoisotopic (exact) mass is 351 g/mol. The van der Waals surface area contributed by atoms with Gasteiger partial charge in [0.15, 0.2) is 11.5 Å². The molecule has 0 saturated heterocycles. The third-order valence-corrected chi connectivity index (χ3v) is 4.03.